The zero-order valence-corrected chi connectivity index (χ0v) is 11.6. The quantitative estimate of drug-likeness (QED) is 0.725. The van der Waals surface area contributed by atoms with Crippen molar-refractivity contribution in [3.05, 3.63) is 0 Å². The summed E-state index contributed by atoms with van der Waals surface area (Å²) in [6.07, 6.45) is 8.65. The number of ether oxygens (including phenoxy) is 1. The zero-order chi connectivity index (χ0) is 13.4. The van der Waals surface area contributed by atoms with Crippen molar-refractivity contribution in [2.75, 3.05) is 13.7 Å². The summed E-state index contributed by atoms with van der Waals surface area (Å²) in [6, 6.07) is 0.312. The minimum atomic E-state index is -0.243. The number of nitrogens with zero attached hydrogens (tertiary/aromatic N) is 1. The van der Waals surface area contributed by atoms with Crippen LogP contribution in [-0.2, 0) is 14.3 Å². The van der Waals surface area contributed by atoms with Crippen LogP contribution in [0.25, 0.3) is 0 Å². The summed E-state index contributed by atoms with van der Waals surface area (Å²) in [4.78, 5) is 24.8. The number of amides is 1. The van der Waals surface area contributed by atoms with Gasteiger partial charge in [0.15, 0.2) is 0 Å². The van der Waals surface area contributed by atoms with Gasteiger partial charge < -0.3 is 9.64 Å². The molecule has 1 fully saturated rings. The summed E-state index contributed by atoms with van der Waals surface area (Å²) in [5.74, 6) is -0.170. The van der Waals surface area contributed by atoms with E-state index in [1.54, 1.807) is 6.92 Å². The number of rotatable bonds is 4. The molecule has 0 heterocycles. The first-order valence-corrected chi connectivity index (χ1v) is 6.99. The van der Waals surface area contributed by atoms with Crippen molar-refractivity contribution in [3.63, 3.8) is 0 Å². The van der Waals surface area contributed by atoms with Crippen molar-refractivity contribution in [1.82, 2.24) is 4.90 Å². The lowest BCUT2D eigenvalue weighted by molar-refractivity contribution is -0.142. The van der Waals surface area contributed by atoms with E-state index < -0.39 is 0 Å². The lowest BCUT2D eigenvalue weighted by Gasteiger charge is -2.32. The van der Waals surface area contributed by atoms with Crippen LogP contribution in [0.1, 0.15) is 58.3 Å². The monoisotopic (exact) mass is 255 g/mol. The Morgan fingerprint density at radius 3 is 2.17 bits per heavy atom. The Morgan fingerprint density at radius 1 is 1.11 bits per heavy atom. The van der Waals surface area contributed by atoms with Gasteiger partial charge in [-0.1, -0.05) is 32.1 Å². The fourth-order valence-electron chi connectivity index (χ4n) is 2.66. The van der Waals surface area contributed by atoms with E-state index in [-0.39, 0.29) is 11.9 Å². The summed E-state index contributed by atoms with van der Waals surface area (Å²) in [7, 11) is 1.39. The standard InChI is InChI=1S/C14H25NO3/c1-12(16)15(11-10-14(17)18-2)13-8-6-4-3-5-7-9-13/h13H,3-11H2,1-2H3. The second-order valence-electron chi connectivity index (χ2n) is 5.04. The molecule has 1 aliphatic carbocycles. The van der Waals surface area contributed by atoms with Crippen LogP contribution in [0.4, 0.5) is 0 Å². The third-order valence-corrected chi connectivity index (χ3v) is 3.70. The van der Waals surface area contributed by atoms with Gasteiger partial charge in [0.2, 0.25) is 5.91 Å². The van der Waals surface area contributed by atoms with Gasteiger partial charge in [0.25, 0.3) is 0 Å². The maximum Gasteiger partial charge on any atom is 0.307 e. The van der Waals surface area contributed by atoms with E-state index in [0.29, 0.717) is 19.0 Å². The van der Waals surface area contributed by atoms with E-state index in [4.69, 9.17) is 0 Å². The first-order valence-electron chi connectivity index (χ1n) is 6.99. The molecule has 1 aliphatic rings. The number of methoxy groups -OCH3 is 1. The second kappa shape index (κ2) is 8.11. The van der Waals surface area contributed by atoms with Gasteiger partial charge in [0.1, 0.15) is 0 Å². The van der Waals surface area contributed by atoms with E-state index in [1.165, 1.54) is 39.2 Å². The van der Waals surface area contributed by atoms with Gasteiger partial charge in [0, 0.05) is 19.5 Å². The molecule has 0 saturated heterocycles. The van der Waals surface area contributed by atoms with Gasteiger partial charge >= 0.3 is 5.97 Å². The van der Waals surface area contributed by atoms with E-state index in [0.717, 1.165) is 12.8 Å². The highest BCUT2D eigenvalue weighted by atomic mass is 16.5. The van der Waals surface area contributed by atoms with Crippen molar-refractivity contribution >= 4 is 11.9 Å². The lowest BCUT2D eigenvalue weighted by Crippen LogP contribution is -2.40. The van der Waals surface area contributed by atoms with Gasteiger partial charge in [-0.3, -0.25) is 9.59 Å². The van der Waals surface area contributed by atoms with E-state index >= 15 is 0 Å². The molecule has 0 aliphatic heterocycles. The average Bonchev–Trinajstić information content (AvgIpc) is 2.30. The number of hydrogen-bond donors (Lipinski definition) is 0. The molecular weight excluding hydrogens is 230 g/mol. The summed E-state index contributed by atoms with van der Waals surface area (Å²) in [5, 5.41) is 0. The fourth-order valence-corrected chi connectivity index (χ4v) is 2.66. The lowest BCUT2D eigenvalue weighted by atomic mass is 9.95. The topological polar surface area (TPSA) is 46.6 Å². The molecule has 0 spiro atoms. The van der Waals surface area contributed by atoms with E-state index in [2.05, 4.69) is 4.74 Å². The van der Waals surface area contributed by atoms with Crippen LogP contribution in [0, 0.1) is 0 Å². The highest BCUT2D eigenvalue weighted by molar-refractivity contribution is 5.75. The summed E-state index contributed by atoms with van der Waals surface area (Å²) in [6.45, 7) is 2.09. The van der Waals surface area contributed by atoms with Crippen LogP contribution in [0.2, 0.25) is 0 Å². The predicted octanol–water partition coefficient (Wildman–Crippen LogP) is 2.51. The Bertz CT molecular complexity index is 270. The molecule has 1 saturated carbocycles. The number of hydrogen-bond acceptors (Lipinski definition) is 3. The second-order valence-corrected chi connectivity index (χ2v) is 5.04. The first-order chi connectivity index (χ1) is 8.65. The Morgan fingerprint density at radius 2 is 1.67 bits per heavy atom. The Labute approximate surface area is 110 Å². The number of carbonyl (C=O) groups is 2. The van der Waals surface area contributed by atoms with E-state index in [9.17, 15) is 9.59 Å². The van der Waals surface area contributed by atoms with E-state index in [1.807, 2.05) is 4.90 Å². The molecule has 0 radical (unpaired) electrons. The third kappa shape index (κ3) is 5.07. The maximum absolute atomic E-state index is 11.7. The minimum absolute atomic E-state index is 0.0736. The maximum atomic E-state index is 11.7. The number of esters is 1. The van der Waals surface area contributed by atoms with Crippen molar-refractivity contribution in [2.45, 2.75) is 64.3 Å². The molecule has 0 atom stereocenters. The minimum Gasteiger partial charge on any atom is -0.469 e. The molecular formula is C14H25NO3. The van der Waals surface area contributed by atoms with Gasteiger partial charge in [-0.15, -0.1) is 0 Å². The molecule has 4 nitrogen and oxygen atoms in total. The zero-order valence-electron chi connectivity index (χ0n) is 11.6. The van der Waals surface area contributed by atoms with Crippen molar-refractivity contribution in [3.8, 4) is 0 Å². The summed E-state index contributed by atoms with van der Waals surface area (Å²) >= 11 is 0. The highest BCUT2D eigenvalue weighted by Gasteiger charge is 2.22. The van der Waals surface area contributed by atoms with Gasteiger partial charge in [-0.05, 0) is 12.8 Å². The van der Waals surface area contributed by atoms with Crippen LogP contribution in [0.15, 0.2) is 0 Å². The summed E-state index contributed by atoms with van der Waals surface area (Å²) < 4.78 is 4.64. The van der Waals surface area contributed by atoms with Crippen LogP contribution in [0.5, 0.6) is 0 Å². The van der Waals surface area contributed by atoms with Crippen LogP contribution >= 0.6 is 0 Å². The van der Waals surface area contributed by atoms with Crippen LogP contribution in [0.3, 0.4) is 0 Å². The molecule has 0 aromatic carbocycles. The molecule has 1 amide bonds. The molecule has 1 rings (SSSR count). The third-order valence-electron chi connectivity index (χ3n) is 3.70. The van der Waals surface area contributed by atoms with Crippen LogP contribution < -0.4 is 0 Å². The smallest absolute Gasteiger partial charge is 0.307 e. The molecule has 0 unspecified atom stereocenters. The molecule has 0 N–H and O–H groups in total. The van der Waals surface area contributed by atoms with Gasteiger partial charge in [-0.2, -0.15) is 0 Å². The Hall–Kier alpha value is -1.06. The Kier molecular flexibility index (Phi) is 6.76. The predicted molar refractivity (Wildman–Crippen MR) is 70.1 cm³/mol. The Balaban J connectivity index is 2.52. The molecule has 0 aromatic heterocycles. The van der Waals surface area contributed by atoms with Crippen LogP contribution in [-0.4, -0.2) is 36.5 Å². The molecule has 0 bridgehead atoms. The molecule has 0 aromatic rings. The van der Waals surface area contributed by atoms with Crippen molar-refractivity contribution < 1.29 is 14.3 Å². The van der Waals surface area contributed by atoms with Gasteiger partial charge in [0.05, 0.1) is 13.5 Å². The normalized spacial score (nSPS) is 17.7. The summed E-state index contributed by atoms with van der Waals surface area (Å²) in [5.41, 5.74) is 0. The molecule has 104 valence electrons. The first kappa shape index (κ1) is 15.0. The van der Waals surface area contributed by atoms with Gasteiger partial charge in [-0.25, -0.2) is 0 Å². The van der Waals surface area contributed by atoms with Crippen molar-refractivity contribution in [2.24, 2.45) is 0 Å². The highest BCUT2D eigenvalue weighted by Crippen LogP contribution is 2.21. The SMILES string of the molecule is COC(=O)CCN(C(C)=O)C1CCCCCCC1. The number of carbonyl (C=O) groups excluding carboxylic acids is 2. The fraction of sp³-hybridized carbons (Fsp3) is 0.857. The average molecular weight is 255 g/mol. The molecule has 4 heteroatoms. The molecule has 18 heavy (non-hydrogen) atoms. The largest absolute Gasteiger partial charge is 0.469 e. The van der Waals surface area contributed by atoms with Crippen molar-refractivity contribution in [1.29, 1.82) is 0 Å².